The Bertz CT molecular complexity index is 1050. The molecule has 0 spiro atoms. The van der Waals surface area contributed by atoms with E-state index in [4.69, 9.17) is 0 Å². The minimum atomic E-state index is 1.31. The molecule has 3 aromatic carbocycles. The molecule has 0 atom stereocenters. The van der Waals surface area contributed by atoms with Gasteiger partial charge in [-0.2, -0.15) is 10.2 Å². The van der Waals surface area contributed by atoms with Crippen LogP contribution < -0.4 is 0 Å². The zero-order valence-corrected chi connectivity index (χ0v) is 22.0. The molecule has 4 heterocycles. The maximum atomic E-state index is 3.78. The van der Waals surface area contributed by atoms with Crippen molar-refractivity contribution in [1.82, 2.24) is 35.1 Å². The van der Waals surface area contributed by atoms with Crippen molar-refractivity contribution in [3.05, 3.63) is 190 Å². The first-order valence-electron chi connectivity index (χ1n) is 12.4. The minimum Gasteiger partial charge on any atom is -0.265 e. The molecule has 0 fully saturated rings. The Labute approximate surface area is 235 Å². The molecule has 0 aliphatic carbocycles. The van der Waals surface area contributed by atoms with E-state index < -0.39 is 0 Å². The topological polar surface area (TPSA) is 90.2 Å². The van der Waals surface area contributed by atoms with E-state index in [1.165, 1.54) is 17.1 Å². The lowest BCUT2D eigenvalue weighted by molar-refractivity contribution is 1.03. The van der Waals surface area contributed by atoms with Crippen molar-refractivity contribution < 1.29 is 0 Å². The van der Waals surface area contributed by atoms with Gasteiger partial charge in [0.1, 0.15) is 6.33 Å². The molecule has 40 heavy (non-hydrogen) atoms. The van der Waals surface area contributed by atoms with E-state index in [-0.39, 0.29) is 0 Å². The van der Waals surface area contributed by atoms with Gasteiger partial charge in [0.15, 0.2) is 0 Å². The molecule has 0 bridgehead atoms. The van der Waals surface area contributed by atoms with Gasteiger partial charge in [0.25, 0.3) is 0 Å². The molecule has 0 saturated heterocycles. The molecule has 7 rings (SSSR count). The van der Waals surface area contributed by atoms with Crippen LogP contribution in [-0.4, -0.2) is 35.1 Å². The summed E-state index contributed by atoms with van der Waals surface area (Å²) in [6, 6.07) is 39.9. The summed E-state index contributed by atoms with van der Waals surface area (Å²) in [5.74, 6) is 0. The van der Waals surface area contributed by atoms with Crippen LogP contribution in [0.3, 0.4) is 0 Å². The first kappa shape index (κ1) is 30.5. The molecule has 0 radical (unpaired) electrons. The zero-order valence-electron chi connectivity index (χ0n) is 22.0. The smallest absolute Gasteiger partial charge is 0.115 e. The quantitative estimate of drug-likeness (QED) is 0.210. The highest BCUT2D eigenvalue weighted by atomic mass is 15.1. The van der Waals surface area contributed by atoms with Gasteiger partial charge >= 0.3 is 0 Å². The Morgan fingerprint density at radius 1 is 0.250 bits per heavy atom. The molecule has 0 N–H and O–H groups in total. The number of rotatable bonds is 0. The molecule has 7 aromatic rings. The lowest BCUT2D eigenvalue weighted by Crippen LogP contribution is -1.69. The molecule has 0 unspecified atom stereocenters. The van der Waals surface area contributed by atoms with Gasteiger partial charge in [0, 0.05) is 62.0 Å². The highest BCUT2D eigenvalue weighted by Crippen LogP contribution is 2.11. The summed E-state index contributed by atoms with van der Waals surface area (Å²) < 4.78 is 0. The van der Waals surface area contributed by atoms with E-state index in [0.29, 0.717) is 0 Å². The van der Waals surface area contributed by atoms with Crippen LogP contribution in [0.1, 0.15) is 0 Å². The molecule has 0 aliphatic heterocycles. The van der Waals surface area contributed by atoms with Crippen molar-refractivity contribution in [2.45, 2.75) is 0 Å². The number of pyridine rings is 1. The number of hydrogen-bond donors (Lipinski definition) is 0. The molecular weight excluding hydrogens is 494 g/mol. The van der Waals surface area contributed by atoms with Crippen molar-refractivity contribution in [2.75, 3.05) is 0 Å². The van der Waals surface area contributed by atoms with Gasteiger partial charge < -0.3 is 0 Å². The Balaban J connectivity index is 0.000000171. The van der Waals surface area contributed by atoms with Crippen LogP contribution >= 0.6 is 0 Å². The van der Waals surface area contributed by atoms with Crippen LogP contribution in [-0.2, 0) is 0 Å². The predicted molar refractivity (Wildman–Crippen MR) is 161 cm³/mol. The summed E-state index contributed by atoms with van der Waals surface area (Å²) in [7, 11) is 0. The van der Waals surface area contributed by atoms with Crippen LogP contribution in [0.25, 0.3) is 10.8 Å². The highest BCUT2D eigenvalue weighted by molar-refractivity contribution is 5.82. The minimum absolute atomic E-state index is 1.31. The second kappa shape index (κ2) is 23.7. The SMILES string of the molecule is c1ccc2ccccc2c1.c1ccccc1.c1ccncc1.c1ccnnc1.c1cnccn1.c1cncnc1. The Morgan fingerprint density at radius 3 is 0.775 bits per heavy atom. The fourth-order valence-electron chi connectivity index (χ4n) is 2.59. The number of benzene rings is 3. The highest BCUT2D eigenvalue weighted by Gasteiger charge is 1.85. The van der Waals surface area contributed by atoms with Crippen molar-refractivity contribution >= 4 is 10.8 Å². The van der Waals surface area contributed by atoms with E-state index in [1.807, 2.05) is 66.7 Å². The lowest BCUT2D eigenvalue weighted by atomic mass is 10.1. The lowest BCUT2D eigenvalue weighted by Gasteiger charge is -1.92. The number of nitrogens with zero attached hydrogens (tertiary/aromatic N) is 7. The van der Waals surface area contributed by atoms with Crippen molar-refractivity contribution in [3.8, 4) is 0 Å². The van der Waals surface area contributed by atoms with E-state index in [1.54, 1.807) is 68.0 Å². The van der Waals surface area contributed by atoms with E-state index in [9.17, 15) is 0 Å². The number of aromatic nitrogens is 7. The molecule has 0 aliphatic rings. The summed E-state index contributed by atoms with van der Waals surface area (Å²) in [5.41, 5.74) is 0. The molecule has 7 heteroatoms. The first-order valence-corrected chi connectivity index (χ1v) is 12.4. The molecule has 7 nitrogen and oxygen atoms in total. The largest absolute Gasteiger partial charge is 0.265 e. The Hall–Kier alpha value is -5.69. The zero-order chi connectivity index (χ0) is 28.0. The average molecular weight is 526 g/mol. The maximum absolute atomic E-state index is 3.78. The van der Waals surface area contributed by atoms with Gasteiger partial charge in [-0.1, -0.05) is 91.0 Å². The summed E-state index contributed by atoms with van der Waals surface area (Å²) in [6.45, 7) is 0. The Kier molecular flexibility index (Phi) is 18.1. The van der Waals surface area contributed by atoms with Crippen LogP contribution in [0, 0.1) is 0 Å². The van der Waals surface area contributed by atoms with E-state index >= 15 is 0 Å². The summed E-state index contributed by atoms with van der Waals surface area (Å²) in [5, 5.41) is 9.69. The first-order chi connectivity index (χ1) is 20.0. The molecular formula is C33H31N7. The molecule has 0 amide bonds. The van der Waals surface area contributed by atoms with Crippen LogP contribution in [0.4, 0.5) is 0 Å². The van der Waals surface area contributed by atoms with Gasteiger partial charge in [-0.3, -0.25) is 15.0 Å². The van der Waals surface area contributed by atoms with Gasteiger partial charge in [-0.25, -0.2) is 9.97 Å². The fourth-order valence-corrected chi connectivity index (χ4v) is 2.59. The normalized spacial score (nSPS) is 8.50. The molecule has 4 aromatic heterocycles. The number of hydrogen-bond acceptors (Lipinski definition) is 7. The monoisotopic (exact) mass is 525 g/mol. The van der Waals surface area contributed by atoms with E-state index in [2.05, 4.69) is 83.6 Å². The second-order valence-electron chi connectivity index (χ2n) is 7.24. The maximum Gasteiger partial charge on any atom is 0.115 e. The van der Waals surface area contributed by atoms with Gasteiger partial charge in [-0.15, -0.1) is 0 Å². The van der Waals surface area contributed by atoms with Crippen molar-refractivity contribution in [3.63, 3.8) is 0 Å². The summed E-state index contributed by atoms with van der Waals surface area (Å²) >= 11 is 0. The van der Waals surface area contributed by atoms with Gasteiger partial charge in [-0.05, 0) is 41.1 Å². The summed E-state index contributed by atoms with van der Waals surface area (Å²) in [4.78, 5) is 18.6. The van der Waals surface area contributed by atoms with Crippen LogP contribution in [0.2, 0.25) is 0 Å². The third-order valence-corrected chi connectivity index (χ3v) is 4.33. The summed E-state index contributed by atoms with van der Waals surface area (Å²) in [6.07, 6.45) is 18.2. The third kappa shape index (κ3) is 17.7. The average Bonchev–Trinajstić information content (AvgIpc) is 3.10. The molecule has 0 saturated carbocycles. The number of fused-ring (bicyclic) bond motifs is 1. The third-order valence-electron chi connectivity index (χ3n) is 4.33. The second-order valence-corrected chi connectivity index (χ2v) is 7.24. The molecule has 198 valence electrons. The standard InChI is InChI=1S/C10H8.C6H6.C5H5N.3C4H4N2/c1-2-6-10-8-4-3-7-9(10)5-1;2*1-2-4-6-5-3-1;1-2-6-4-3-5-1;1-2-5-4-6-3-1;1-2-4-6-5-3-1/h1-8H;1-6H;1-5H;3*1-4H. The van der Waals surface area contributed by atoms with Crippen LogP contribution in [0.5, 0.6) is 0 Å². The van der Waals surface area contributed by atoms with Gasteiger partial charge in [0.2, 0.25) is 0 Å². The van der Waals surface area contributed by atoms with Crippen LogP contribution in [0.15, 0.2) is 190 Å². The van der Waals surface area contributed by atoms with Gasteiger partial charge in [0.05, 0.1) is 0 Å². The van der Waals surface area contributed by atoms with Crippen molar-refractivity contribution in [1.29, 1.82) is 0 Å². The van der Waals surface area contributed by atoms with Crippen molar-refractivity contribution in [2.24, 2.45) is 0 Å². The van der Waals surface area contributed by atoms with E-state index in [0.717, 1.165) is 0 Å². The Morgan fingerprint density at radius 2 is 0.575 bits per heavy atom. The predicted octanol–water partition coefficient (Wildman–Crippen LogP) is 7.04. The fraction of sp³-hybridized carbons (Fsp3) is 0.